The highest BCUT2D eigenvalue weighted by atomic mass is 19.3. The van der Waals surface area contributed by atoms with E-state index in [4.69, 9.17) is 15.2 Å². The molecule has 1 aromatic carbocycles. The summed E-state index contributed by atoms with van der Waals surface area (Å²) in [7, 11) is 0. The van der Waals surface area contributed by atoms with Gasteiger partial charge in [-0.2, -0.15) is 8.78 Å². The van der Waals surface area contributed by atoms with Crippen LogP contribution < -0.4 is 20.5 Å². The van der Waals surface area contributed by atoms with Gasteiger partial charge in [0.2, 0.25) is 11.8 Å². The number of benzene rings is 1. The molecule has 0 saturated carbocycles. The minimum Gasteiger partial charge on any atom is -0.490 e. The number of nitrogens with two attached hydrogens (primary N) is 1. The van der Waals surface area contributed by atoms with E-state index in [-0.39, 0.29) is 24.5 Å². The van der Waals surface area contributed by atoms with E-state index in [1.54, 1.807) is 6.92 Å². The lowest BCUT2D eigenvalue weighted by Gasteiger charge is -2.36. The fourth-order valence-electron chi connectivity index (χ4n) is 3.01. The van der Waals surface area contributed by atoms with Crippen molar-refractivity contribution in [1.29, 1.82) is 0 Å². The van der Waals surface area contributed by atoms with E-state index in [1.807, 2.05) is 0 Å². The quantitative estimate of drug-likeness (QED) is 0.622. The average Bonchev–Trinajstić information content (AvgIpc) is 2.61. The molecule has 0 radical (unpaired) electrons. The Labute approximate surface area is 161 Å². The number of hydrogen-bond donors (Lipinski definition) is 2. The first-order valence-electron chi connectivity index (χ1n) is 8.91. The van der Waals surface area contributed by atoms with Crippen molar-refractivity contribution in [2.75, 3.05) is 19.8 Å². The Morgan fingerprint density at radius 2 is 2.04 bits per heavy atom. The molecule has 2 amide bonds. The van der Waals surface area contributed by atoms with Gasteiger partial charge in [0.1, 0.15) is 0 Å². The lowest BCUT2D eigenvalue weighted by Crippen LogP contribution is -2.53. The van der Waals surface area contributed by atoms with Crippen molar-refractivity contribution in [3.8, 4) is 11.5 Å². The van der Waals surface area contributed by atoms with Gasteiger partial charge in [0.25, 0.3) is 0 Å². The summed E-state index contributed by atoms with van der Waals surface area (Å²) in [6.45, 7) is -0.118. The lowest BCUT2D eigenvalue weighted by atomic mass is 9.86. The summed E-state index contributed by atoms with van der Waals surface area (Å²) in [5.41, 5.74) is 5.16. The Hall–Kier alpha value is -2.68. The van der Waals surface area contributed by atoms with Crippen molar-refractivity contribution in [2.45, 2.75) is 38.3 Å². The molecular formula is C19H24F2N2O5. The first kappa shape index (κ1) is 21.6. The van der Waals surface area contributed by atoms with Crippen LogP contribution in [0.1, 0.15) is 31.7 Å². The van der Waals surface area contributed by atoms with Crippen LogP contribution in [0.25, 0.3) is 6.08 Å². The van der Waals surface area contributed by atoms with Crippen LogP contribution >= 0.6 is 0 Å². The zero-order valence-corrected chi connectivity index (χ0v) is 15.6. The van der Waals surface area contributed by atoms with Crippen LogP contribution in [0.15, 0.2) is 24.3 Å². The van der Waals surface area contributed by atoms with E-state index in [1.165, 1.54) is 30.4 Å². The topological polar surface area (TPSA) is 99.9 Å². The molecule has 1 aromatic rings. The van der Waals surface area contributed by atoms with Gasteiger partial charge in [-0.05, 0) is 43.5 Å². The molecule has 0 bridgehead atoms. The normalized spacial score (nSPS) is 16.1. The summed E-state index contributed by atoms with van der Waals surface area (Å²) in [4.78, 5) is 23.7. The van der Waals surface area contributed by atoms with E-state index < -0.39 is 24.0 Å². The third-order valence-electron chi connectivity index (χ3n) is 4.26. The molecule has 1 fully saturated rings. The molecule has 1 heterocycles. The van der Waals surface area contributed by atoms with E-state index in [9.17, 15) is 18.4 Å². The maximum atomic E-state index is 12.5. The van der Waals surface area contributed by atoms with Crippen LogP contribution in [0.2, 0.25) is 0 Å². The molecule has 154 valence electrons. The Balaban J connectivity index is 2.09. The second-order valence-corrected chi connectivity index (χ2v) is 6.38. The van der Waals surface area contributed by atoms with Crippen molar-refractivity contribution in [2.24, 2.45) is 5.73 Å². The molecule has 2 rings (SSSR count). The third-order valence-corrected chi connectivity index (χ3v) is 4.26. The maximum absolute atomic E-state index is 12.5. The minimum absolute atomic E-state index is 0.0318. The Morgan fingerprint density at radius 1 is 1.32 bits per heavy atom. The van der Waals surface area contributed by atoms with E-state index in [2.05, 4.69) is 10.1 Å². The summed E-state index contributed by atoms with van der Waals surface area (Å²) >= 11 is 0. The molecule has 0 spiro atoms. The van der Waals surface area contributed by atoms with E-state index in [0.717, 1.165) is 0 Å². The summed E-state index contributed by atoms with van der Waals surface area (Å²) in [6.07, 6.45) is 3.83. The molecule has 28 heavy (non-hydrogen) atoms. The number of amides is 2. The molecule has 0 atom stereocenters. The molecular weight excluding hydrogens is 374 g/mol. The lowest BCUT2D eigenvalue weighted by molar-refractivity contribution is -0.123. The predicted octanol–water partition coefficient (Wildman–Crippen LogP) is 2.24. The standard InChI is InChI=1S/C19H24F2N2O5/c1-2-27-15-11-13(3-5-14(15)28-18(20)21)4-6-17(25)23-19(12-16(22)24)7-9-26-10-8-19/h3-6,11,18H,2,7-10,12H2,1H3,(H2,22,24)(H,23,25)/b6-4-. The van der Waals surface area contributed by atoms with Gasteiger partial charge in [-0.1, -0.05) is 6.07 Å². The fraction of sp³-hybridized carbons (Fsp3) is 0.474. The van der Waals surface area contributed by atoms with Crippen LogP contribution in [-0.4, -0.2) is 43.8 Å². The Morgan fingerprint density at radius 3 is 2.64 bits per heavy atom. The van der Waals surface area contributed by atoms with Gasteiger partial charge in [-0.15, -0.1) is 0 Å². The number of rotatable bonds is 9. The summed E-state index contributed by atoms with van der Waals surface area (Å²) in [5.74, 6) is -0.822. The van der Waals surface area contributed by atoms with Crippen LogP contribution in [0.3, 0.4) is 0 Å². The highest BCUT2D eigenvalue weighted by Gasteiger charge is 2.35. The summed E-state index contributed by atoms with van der Waals surface area (Å²) in [5, 5.41) is 2.85. The maximum Gasteiger partial charge on any atom is 0.387 e. The summed E-state index contributed by atoms with van der Waals surface area (Å²) < 4.78 is 39.9. The van der Waals surface area contributed by atoms with Crippen LogP contribution in [0.4, 0.5) is 8.78 Å². The van der Waals surface area contributed by atoms with Gasteiger partial charge in [0, 0.05) is 25.7 Å². The molecule has 9 heteroatoms. The monoisotopic (exact) mass is 398 g/mol. The smallest absolute Gasteiger partial charge is 0.387 e. The Kier molecular flexibility index (Phi) is 7.74. The van der Waals surface area contributed by atoms with Gasteiger partial charge < -0.3 is 25.3 Å². The second-order valence-electron chi connectivity index (χ2n) is 6.38. The molecule has 1 aliphatic heterocycles. The van der Waals surface area contributed by atoms with Crippen molar-refractivity contribution in [3.05, 3.63) is 29.8 Å². The van der Waals surface area contributed by atoms with E-state index >= 15 is 0 Å². The number of carbonyl (C=O) groups is 2. The highest BCUT2D eigenvalue weighted by molar-refractivity contribution is 5.92. The van der Waals surface area contributed by atoms with Gasteiger partial charge in [0.15, 0.2) is 11.5 Å². The molecule has 0 aliphatic carbocycles. The number of primary amides is 1. The number of alkyl halides is 2. The Bertz CT molecular complexity index is 718. The second kappa shape index (κ2) is 10.0. The van der Waals surface area contributed by atoms with E-state index in [0.29, 0.717) is 31.6 Å². The number of halogens is 2. The first-order chi connectivity index (χ1) is 13.3. The van der Waals surface area contributed by atoms with Crippen molar-refractivity contribution < 1.29 is 32.6 Å². The van der Waals surface area contributed by atoms with Crippen LogP contribution in [0, 0.1) is 0 Å². The zero-order valence-electron chi connectivity index (χ0n) is 15.6. The van der Waals surface area contributed by atoms with Crippen molar-refractivity contribution in [1.82, 2.24) is 5.32 Å². The van der Waals surface area contributed by atoms with Gasteiger partial charge in [-0.25, -0.2) is 0 Å². The fourth-order valence-corrected chi connectivity index (χ4v) is 3.01. The van der Waals surface area contributed by atoms with Gasteiger partial charge >= 0.3 is 6.61 Å². The van der Waals surface area contributed by atoms with Gasteiger partial charge in [-0.3, -0.25) is 9.59 Å². The highest BCUT2D eigenvalue weighted by Crippen LogP contribution is 2.30. The summed E-state index contributed by atoms with van der Waals surface area (Å²) in [6, 6.07) is 4.37. The molecule has 0 unspecified atom stereocenters. The molecule has 3 N–H and O–H groups in total. The predicted molar refractivity (Wildman–Crippen MR) is 98.0 cm³/mol. The first-order valence-corrected chi connectivity index (χ1v) is 8.91. The SMILES string of the molecule is CCOc1cc(/C=C\C(=O)NC2(CC(N)=O)CCOCC2)ccc1OC(F)F. The number of nitrogens with one attached hydrogen (secondary N) is 1. The van der Waals surface area contributed by atoms with Crippen LogP contribution in [0.5, 0.6) is 11.5 Å². The molecule has 1 saturated heterocycles. The van der Waals surface area contributed by atoms with Crippen LogP contribution in [-0.2, 0) is 14.3 Å². The van der Waals surface area contributed by atoms with Crippen molar-refractivity contribution in [3.63, 3.8) is 0 Å². The number of ether oxygens (including phenoxy) is 3. The van der Waals surface area contributed by atoms with Crippen molar-refractivity contribution >= 4 is 17.9 Å². The molecule has 1 aliphatic rings. The third kappa shape index (κ3) is 6.49. The zero-order chi connectivity index (χ0) is 20.6. The largest absolute Gasteiger partial charge is 0.490 e. The number of hydrogen-bond acceptors (Lipinski definition) is 5. The molecule has 7 nitrogen and oxygen atoms in total. The average molecular weight is 398 g/mol. The molecule has 0 aromatic heterocycles. The minimum atomic E-state index is -2.97. The van der Waals surface area contributed by atoms with Gasteiger partial charge in [0.05, 0.1) is 12.1 Å². The number of carbonyl (C=O) groups excluding carboxylic acids is 2.